The molecule has 2 aromatic carbocycles. The SMILES string of the molecule is O=C(O)c1ccc(-n2cccc2/C=N\NC(=S)Nc2ccccc2)cc1. The van der Waals surface area contributed by atoms with E-state index in [1.54, 1.807) is 30.5 Å². The first-order chi connectivity index (χ1) is 12.6. The van der Waals surface area contributed by atoms with Gasteiger partial charge in [-0.2, -0.15) is 5.10 Å². The molecule has 3 rings (SSSR count). The molecule has 1 aromatic heterocycles. The zero-order chi connectivity index (χ0) is 18.4. The van der Waals surface area contributed by atoms with E-state index in [1.807, 2.05) is 53.2 Å². The number of para-hydroxylation sites is 1. The van der Waals surface area contributed by atoms with E-state index in [0.29, 0.717) is 5.11 Å². The lowest BCUT2D eigenvalue weighted by Crippen LogP contribution is -2.23. The van der Waals surface area contributed by atoms with Crippen LogP contribution in [0.5, 0.6) is 0 Å². The van der Waals surface area contributed by atoms with Crippen LogP contribution in [0.4, 0.5) is 5.69 Å². The Labute approximate surface area is 155 Å². The van der Waals surface area contributed by atoms with Gasteiger partial charge in [0.15, 0.2) is 5.11 Å². The number of aromatic nitrogens is 1. The minimum Gasteiger partial charge on any atom is -0.478 e. The van der Waals surface area contributed by atoms with Crippen LogP contribution in [0.3, 0.4) is 0 Å². The molecule has 0 spiro atoms. The number of carboxylic acid groups (broad SMARTS) is 1. The Kier molecular flexibility index (Phi) is 5.40. The number of aromatic carboxylic acids is 1. The summed E-state index contributed by atoms with van der Waals surface area (Å²) in [7, 11) is 0. The maximum absolute atomic E-state index is 10.9. The lowest BCUT2D eigenvalue weighted by molar-refractivity contribution is 0.0697. The van der Waals surface area contributed by atoms with Crippen LogP contribution in [-0.2, 0) is 0 Å². The van der Waals surface area contributed by atoms with Crippen LogP contribution in [0.15, 0.2) is 78.0 Å². The third-order valence-electron chi connectivity index (χ3n) is 3.57. The average molecular weight is 364 g/mol. The van der Waals surface area contributed by atoms with E-state index < -0.39 is 5.97 Å². The highest BCUT2D eigenvalue weighted by Gasteiger charge is 2.05. The Morgan fingerprint density at radius 3 is 2.46 bits per heavy atom. The standard InChI is InChI=1S/C19H16N4O2S/c24-18(25)14-8-10-16(11-9-14)23-12-4-7-17(23)13-20-22-19(26)21-15-5-2-1-3-6-15/h1-13H,(H,24,25)(H2,21,22,26)/b20-13-. The van der Waals surface area contributed by atoms with Gasteiger partial charge in [-0.1, -0.05) is 18.2 Å². The van der Waals surface area contributed by atoms with Gasteiger partial charge in [0.05, 0.1) is 17.5 Å². The first-order valence-corrected chi connectivity index (χ1v) is 8.20. The highest BCUT2D eigenvalue weighted by Crippen LogP contribution is 2.13. The van der Waals surface area contributed by atoms with Crippen molar-refractivity contribution in [1.29, 1.82) is 0 Å². The van der Waals surface area contributed by atoms with Gasteiger partial charge in [-0.3, -0.25) is 5.43 Å². The number of carbonyl (C=O) groups is 1. The van der Waals surface area contributed by atoms with Gasteiger partial charge in [-0.15, -0.1) is 0 Å². The summed E-state index contributed by atoms with van der Waals surface area (Å²) in [5, 5.41) is 16.5. The van der Waals surface area contributed by atoms with Crippen LogP contribution in [-0.4, -0.2) is 27.0 Å². The van der Waals surface area contributed by atoms with E-state index in [2.05, 4.69) is 15.8 Å². The molecule has 1 heterocycles. The molecule has 0 saturated carbocycles. The molecule has 0 radical (unpaired) electrons. The molecule has 6 nitrogen and oxygen atoms in total. The monoisotopic (exact) mass is 364 g/mol. The van der Waals surface area contributed by atoms with E-state index in [0.717, 1.165) is 17.1 Å². The summed E-state index contributed by atoms with van der Waals surface area (Å²) in [6.07, 6.45) is 3.52. The van der Waals surface area contributed by atoms with Crippen LogP contribution in [0.25, 0.3) is 5.69 Å². The van der Waals surface area contributed by atoms with Gasteiger partial charge >= 0.3 is 5.97 Å². The molecule has 0 atom stereocenters. The summed E-state index contributed by atoms with van der Waals surface area (Å²) in [6.45, 7) is 0. The first kappa shape index (κ1) is 17.4. The summed E-state index contributed by atoms with van der Waals surface area (Å²) in [6, 6.07) is 20.0. The summed E-state index contributed by atoms with van der Waals surface area (Å²) in [5.74, 6) is -0.950. The molecule has 0 unspecified atom stereocenters. The normalized spacial score (nSPS) is 10.6. The maximum atomic E-state index is 10.9. The number of hydrogen-bond donors (Lipinski definition) is 3. The number of nitrogens with zero attached hydrogens (tertiary/aromatic N) is 2. The second-order valence-electron chi connectivity index (χ2n) is 5.35. The molecule has 0 bridgehead atoms. The van der Waals surface area contributed by atoms with E-state index in [4.69, 9.17) is 17.3 Å². The van der Waals surface area contributed by atoms with Crippen molar-refractivity contribution < 1.29 is 9.90 Å². The summed E-state index contributed by atoms with van der Waals surface area (Å²) >= 11 is 5.20. The van der Waals surface area contributed by atoms with Crippen molar-refractivity contribution in [2.75, 3.05) is 5.32 Å². The second kappa shape index (κ2) is 8.09. The predicted octanol–water partition coefficient (Wildman–Crippen LogP) is 3.50. The molecule has 7 heteroatoms. The van der Waals surface area contributed by atoms with Crippen molar-refractivity contribution in [3.8, 4) is 5.69 Å². The van der Waals surface area contributed by atoms with Crippen LogP contribution >= 0.6 is 12.2 Å². The van der Waals surface area contributed by atoms with Gasteiger partial charge in [0, 0.05) is 17.6 Å². The highest BCUT2D eigenvalue weighted by molar-refractivity contribution is 7.80. The third kappa shape index (κ3) is 4.34. The molecule has 0 amide bonds. The van der Waals surface area contributed by atoms with Gasteiger partial charge in [0.1, 0.15) is 0 Å². The quantitative estimate of drug-likeness (QED) is 0.367. The molecule has 0 fully saturated rings. The minimum absolute atomic E-state index is 0.245. The van der Waals surface area contributed by atoms with Gasteiger partial charge < -0.3 is 15.0 Å². The van der Waals surface area contributed by atoms with Crippen LogP contribution in [0, 0.1) is 0 Å². The number of hydrogen-bond acceptors (Lipinski definition) is 3. The molecular formula is C19H16N4O2S. The van der Waals surface area contributed by atoms with Crippen LogP contribution < -0.4 is 10.7 Å². The summed E-state index contributed by atoms with van der Waals surface area (Å²) in [5.41, 5.74) is 5.55. The van der Waals surface area contributed by atoms with Gasteiger partial charge in [0.25, 0.3) is 0 Å². The number of carboxylic acids is 1. The van der Waals surface area contributed by atoms with E-state index in [9.17, 15) is 4.79 Å². The number of benzene rings is 2. The number of rotatable bonds is 5. The Morgan fingerprint density at radius 2 is 1.77 bits per heavy atom. The Balaban J connectivity index is 1.66. The van der Waals surface area contributed by atoms with Gasteiger partial charge in [-0.05, 0) is 60.7 Å². The molecule has 3 aromatic rings. The fourth-order valence-corrected chi connectivity index (χ4v) is 2.51. The molecule has 130 valence electrons. The number of anilines is 1. The predicted molar refractivity (Wildman–Crippen MR) is 106 cm³/mol. The van der Waals surface area contributed by atoms with E-state index in [1.165, 1.54) is 0 Å². The van der Waals surface area contributed by atoms with Crippen molar-refractivity contribution >= 4 is 35.2 Å². The van der Waals surface area contributed by atoms with Crippen LogP contribution in [0.1, 0.15) is 16.1 Å². The number of hydrazone groups is 1. The average Bonchev–Trinajstić information content (AvgIpc) is 3.11. The second-order valence-corrected chi connectivity index (χ2v) is 5.75. The van der Waals surface area contributed by atoms with Crippen molar-refractivity contribution in [1.82, 2.24) is 9.99 Å². The van der Waals surface area contributed by atoms with Crippen molar-refractivity contribution in [2.24, 2.45) is 5.10 Å². The first-order valence-electron chi connectivity index (χ1n) is 7.80. The van der Waals surface area contributed by atoms with Gasteiger partial charge in [-0.25, -0.2) is 4.79 Å². The zero-order valence-electron chi connectivity index (χ0n) is 13.7. The Morgan fingerprint density at radius 1 is 1.04 bits per heavy atom. The Hall–Kier alpha value is -3.45. The molecule has 26 heavy (non-hydrogen) atoms. The topological polar surface area (TPSA) is 78.6 Å². The van der Waals surface area contributed by atoms with Crippen molar-refractivity contribution in [3.63, 3.8) is 0 Å². The molecule has 0 aliphatic rings. The third-order valence-corrected chi connectivity index (χ3v) is 3.76. The molecule has 3 N–H and O–H groups in total. The smallest absolute Gasteiger partial charge is 0.335 e. The fraction of sp³-hybridized carbons (Fsp3) is 0. The molecular weight excluding hydrogens is 348 g/mol. The summed E-state index contributed by atoms with van der Waals surface area (Å²) < 4.78 is 1.89. The number of nitrogens with one attached hydrogen (secondary N) is 2. The van der Waals surface area contributed by atoms with Crippen LogP contribution in [0.2, 0.25) is 0 Å². The summed E-state index contributed by atoms with van der Waals surface area (Å²) in [4.78, 5) is 10.9. The lowest BCUT2D eigenvalue weighted by atomic mass is 10.2. The Bertz CT molecular complexity index is 934. The zero-order valence-corrected chi connectivity index (χ0v) is 14.5. The van der Waals surface area contributed by atoms with Crippen molar-refractivity contribution in [2.45, 2.75) is 0 Å². The maximum Gasteiger partial charge on any atom is 0.335 e. The van der Waals surface area contributed by atoms with E-state index >= 15 is 0 Å². The van der Waals surface area contributed by atoms with Crippen molar-refractivity contribution in [3.05, 3.63) is 84.2 Å². The minimum atomic E-state index is -0.950. The molecule has 0 aliphatic carbocycles. The van der Waals surface area contributed by atoms with E-state index in [-0.39, 0.29) is 5.56 Å². The largest absolute Gasteiger partial charge is 0.478 e. The molecule has 0 saturated heterocycles. The number of thiocarbonyl (C=S) groups is 1. The highest BCUT2D eigenvalue weighted by atomic mass is 32.1. The lowest BCUT2D eigenvalue weighted by Gasteiger charge is -2.08. The molecule has 0 aliphatic heterocycles. The van der Waals surface area contributed by atoms with Gasteiger partial charge in [0.2, 0.25) is 0 Å². The fourth-order valence-electron chi connectivity index (χ4n) is 2.34.